The zero-order chi connectivity index (χ0) is 12.6. The molecule has 88 valence electrons. The third kappa shape index (κ3) is 7.55. The molecule has 0 fully saturated rings. The van der Waals surface area contributed by atoms with Crippen LogP contribution in [0.2, 0.25) is 0 Å². The van der Waals surface area contributed by atoms with E-state index in [9.17, 15) is 9.59 Å². The van der Waals surface area contributed by atoms with Gasteiger partial charge in [0.05, 0.1) is 12.3 Å². The number of carboxylic acids is 2. The fraction of sp³-hybridized carbons (Fsp3) is 0.333. The largest absolute Gasteiger partial charge is 0.481 e. The number of rotatable bonds is 3. The molecule has 0 saturated heterocycles. The predicted octanol–water partition coefficient (Wildman–Crippen LogP) is 2.04. The van der Waals surface area contributed by atoms with Crippen molar-refractivity contribution in [3.05, 3.63) is 35.9 Å². The van der Waals surface area contributed by atoms with Crippen molar-refractivity contribution in [3.8, 4) is 0 Å². The lowest BCUT2D eigenvalue weighted by Gasteiger charge is -1.92. The molecule has 0 amide bonds. The van der Waals surface area contributed by atoms with E-state index >= 15 is 0 Å². The summed E-state index contributed by atoms with van der Waals surface area (Å²) in [5, 5.41) is 16.4. The Morgan fingerprint density at radius 3 is 1.88 bits per heavy atom. The van der Waals surface area contributed by atoms with Crippen LogP contribution in [-0.4, -0.2) is 22.2 Å². The highest BCUT2D eigenvalue weighted by atomic mass is 16.4. The highest BCUT2D eigenvalue weighted by molar-refractivity contribution is 5.70. The van der Waals surface area contributed by atoms with Gasteiger partial charge in [-0.3, -0.25) is 9.59 Å². The second kappa shape index (κ2) is 7.45. The van der Waals surface area contributed by atoms with Crippen molar-refractivity contribution in [3.63, 3.8) is 0 Å². The predicted molar refractivity (Wildman–Crippen MR) is 60.3 cm³/mol. The summed E-state index contributed by atoms with van der Waals surface area (Å²) in [5.41, 5.74) is 0.843. The van der Waals surface area contributed by atoms with Gasteiger partial charge in [-0.2, -0.15) is 0 Å². The summed E-state index contributed by atoms with van der Waals surface area (Å²) in [6.07, 6.45) is 0.112. The van der Waals surface area contributed by atoms with Crippen molar-refractivity contribution in [1.29, 1.82) is 0 Å². The van der Waals surface area contributed by atoms with Crippen LogP contribution in [0, 0.1) is 5.92 Å². The average molecular weight is 224 g/mol. The quantitative estimate of drug-likeness (QED) is 0.823. The summed E-state index contributed by atoms with van der Waals surface area (Å²) in [4.78, 5) is 19.9. The Labute approximate surface area is 94.5 Å². The van der Waals surface area contributed by atoms with E-state index in [1.165, 1.54) is 0 Å². The molecule has 1 aromatic carbocycles. The first-order valence-corrected chi connectivity index (χ1v) is 4.92. The Bertz CT molecular complexity index is 330. The highest BCUT2D eigenvalue weighted by Gasteiger charge is 1.99. The molecular formula is C12H16O4. The van der Waals surface area contributed by atoms with E-state index < -0.39 is 11.9 Å². The Morgan fingerprint density at radius 1 is 1.12 bits per heavy atom. The van der Waals surface area contributed by atoms with Crippen LogP contribution in [0.3, 0.4) is 0 Å². The fourth-order valence-corrected chi connectivity index (χ4v) is 0.770. The van der Waals surface area contributed by atoms with Gasteiger partial charge in [0.2, 0.25) is 0 Å². The van der Waals surface area contributed by atoms with E-state index in [0.717, 1.165) is 5.56 Å². The smallest absolute Gasteiger partial charge is 0.307 e. The lowest BCUT2D eigenvalue weighted by molar-refractivity contribution is -0.140. The van der Waals surface area contributed by atoms with Crippen molar-refractivity contribution in [2.24, 2.45) is 5.92 Å². The molecule has 4 nitrogen and oxygen atoms in total. The van der Waals surface area contributed by atoms with E-state index in [0.29, 0.717) is 0 Å². The topological polar surface area (TPSA) is 74.6 Å². The standard InChI is InChI=1S/C8H8O2.C4H8O2/c9-8(10)6-7-4-2-1-3-5-7;1-3(2)4(5)6/h1-5H,6H2,(H,9,10);3H,1-2H3,(H,5,6). The van der Waals surface area contributed by atoms with Crippen molar-refractivity contribution in [2.45, 2.75) is 20.3 Å². The van der Waals surface area contributed by atoms with Crippen LogP contribution < -0.4 is 0 Å². The van der Waals surface area contributed by atoms with Gasteiger partial charge in [0.15, 0.2) is 0 Å². The maximum absolute atomic E-state index is 10.2. The van der Waals surface area contributed by atoms with Crippen molar-refractivity contribution in [1.82, 2.24) is 0 Å². The zero-order valence-electron chi connectivity index (χ0n) is 9.38. The van der Waals surface area contributed by atoms with Gasteiger partial charge in [-0.25, -0.2) is 0 Å². The molecule has 0 aromatic heterocycles. The third-order valence-electron chi connectivity index (χ3n) is 1.69. The van der Waals surface area contributed by atoms with Gasteiger partial charge in [0.25, 0.3) is 0 Å². The summed E-state index contributed by atoms with van der Waals surface area (Å²) in [7, 11) is 0. The van der Waals surface area contributed by atoms with E-state index in [-0.39, 0.29) is 12.3 Å². The Hall–Kier alpha value is -1.84. The van der Waals surface area contributed by atoms with Crippen LogP contribution in [0.15, 0.2) is 30.3 Å². The van der Waals surface area contributed by atoms with Gasteiger partial charge in [-0.1, -0.05) is 44.2 Å². The second-order valence-corrected chi connectivity index (χ2v) is 3.55. The Kier molecular flexibility index (Phi) is 6.59. The van der Waals surface area contributed by atoms with Gasteiger partial charge >= 0.3 is 11.9 Å². The van der Waals surface area contributed by atoms with E-state index in [1.807, 2.05) is 18.2 Å². The third-order valence-corrected chi connectivity index (χ3v) is 1.69. The first-order valence-electron chi connectivity index (χ1n) is 4.92. The number of benzene rings is 1. The molecule has 0 heterocycles. The first kappa shape index (κ1) is 14.2. The molecule has 0 aliphatic carbocycles. The minimum Gasteiger partial charge on any atom is -0.481 e. The lowest BCUT2D eigenvalue weighted by atomic mass is 10.2. The molecule has 0 bridgehead atoms. The first-order chi connectivity index (χ1) is 7.43. The van der Waals surface area contributed by atoms with Gasteiger partial charge in [-0.15, -0.1) is 0 Å². The van der Waals surface area contributed by atoms with Crippen LogP contribution >= 0.6 is 0 Å². The highest BCUT2D eigenvalue weighted by Crippen LogP contribution is 1.98. The minimum atomic E-state index is -0.786. The molecule has 1 rings (SSSR count). The van der Waals surface area contributed by atoms with E-state index in [2.05, 4.69) is 0 Å². The molecule has 0 radical (unpaired) electrons. The molecule has 0 aliphatic rings. The van der Waals surface area contributed by atoms with Crippen LogP contribution in [0.25, 0.3) is 0 Å². The van der Waals surface area contributed by atoms with Crippen LogP contribution in [-0.2, 0) is 16.0 Å². The fourth-order valence-electron chi connectivity index (χ4n) is 0.770. The van der Waals surface area contributed by atoms with Gasteiger partial charge in [0.1, 0.15) is 0 Å². The van der Waals surface area contributed by atoms with Crippen molar-refractivity contribution in [2.75, 3.05) is 0 Å². The second-order valence-electron chi connectivity index (χ2n) is 3.55. The van der Waals surface area contributed by atoms with Gasteiger partial charge in [0, 0.05) is 0 Å². The molecule has 2 N–H and O–H groups in total. The van der Waals surface area contributed by atoms with Gasteiger partial charge in [-0.05, 0) is 5.56 Å². The number of aliphatic carboxylic acids is 2. The van der Waals surface area contributed by atoms with Crippen molar-refractivity contribution < 1.29 is 19.8 Å². The molecule has 0 saturated carbocycles. The Balaban J connectivity index is 0.000000325. The number of carboxylic acid groups (broad SMARTS) is 2. The number of hydrogen-bond acceptors (Lipinski definition) is 2. The SMILES string of the molecule is CC(C)C(=O)O.O=C(O)Cc1ccccc1. The zero-order valence-corrected chi connectivity index (χ0v) is 9.38. The molecular weight excluding hydrogens is 208 g/mol. The summed E-state index contributed by atoms with van der Waals surface area (Å²) in [6.45, 7) is 3.28. The maximum atomic E-state index is 10.2. The minimum absolute atomic E-state index is 0.112. The molecule has 0 spiro atoms. The van der Waals surface area contributed by atoms with Crippen LogP contribution in [0.1, 0.15) is 19.4 Å². The molecule has 4 heteroatoms. The maximum Gasteiger partial charge on any atom is 0.307 e. The van der Waals surface area contributed by atoms with Crippen LogP contribution in [0.5, 0.6) is 0 Å². The monoisotopic (exact) mass is 224 g/mol. The van der Waals surface area contributed by atoms with Crippen molar-refractivity contribution >= 4 is 11.9 Å². The molecule has 16 heavy (non-hydrogen) atoms. The summed E-state index contributed by atoms with van der Waals surface area (Å²) >= 11 is 0. The average Bonchev–Trinajstić information content (AvgIpc) is 2.19. The van der Waals surface area contributed by atoms with E-state index in [1.54, 1.807) is 26.0 Å². The van der Waals surface area contributed by atoms with Crippen LogP contribution in [0.4, 0.5) is 0 Å². The molecule has 0 aliphatic heterocycles. The normalized spacial score (nSPS) is 9.19. The summed E-state index contributed by atoms with van der Waals surface area (Å²) < 4.78 is 0. The van der Waals surface area contributed by atoms with E-state index in [4.69, 9.17) is 10.2 Å². The summed E-state index contributed by atoms with van der Waals surface area (Å²) in [6, 6.07) is 9.13. The summed E-state index contributed by atoms with van der Waals surface area (Å²) in [5.74, 6) is -1.76. The number of carbonyl (C=O) groups is 2. The number of hydrogen-bond donors (Lipinski definition) is 2. The van der Waals surface area contributed by atoms with Gasteiger partial charge < -0.3 is 10.2 Å². The molecule has 0 unspecified atom stereocenters. The molecule has 0 atom stereocenters. The lowest BCUT2D eigenvalue weighted by Crippen LogP contribution is -2.03. The molecule has 1 aromatic rings. The Morgan fingerprint density at radius 2 is 1.56 bits per heavy atom.